The van der Waals surface area contributed by atoms with E-state index in [2.05, 4.69) is 10.3 Å². The Bertz CT molecular complexity index is 863. The van der Waals surface area contributed by atoms with Crippen molar-refractivity contribution >= 4 is 34.0 Å². The van der Waals surface area contributed by atoms with Crippen LogP contribution in [0.15, 0.2) is 54.7 Å². The fourth-order valence-corrected chi connectivity index (χ4v) is 3.31. The maximum atomic E-state index is 12.4. The van der Waals surface area contributed by atoms with Gasteiger partial charge >= 0.3 is 0 Å². The smallest absolute Gasteiger partial charge is 0.261 e. The van der Waals surface area contributed by atoms with Crippen molar-refractivity contribution in [2.45, 2.75) is 6.42 Å². The molecule has 4 nitrogen and oxygen atoms in total. The highest BCUT2D eigenvalue weighted by atomic mass is 35.5. The Kier molecular flexibility index (Phi) is 5.13. The number of benzene rings is 2. The molecule has 0 fully saturated rings. The van der Waals surface area contributed by atoms with Gasteiger partial charge in [0, 0.05) is 22.5 Å². The number of carbonyl (C=O) groups excluding carboxylic acids is 1. The maximum Gasteiger partial charge on any atom is 0.261 e. The number of rotatable bonds is 5. The predicted octanol–water partition coefficient (Wildman–Crippen LogP) is 4.65. The van der Waals surface area contributed by atoms with Crippen LogP contribution in [0.2, 0.25) is 5.02 Å². The molecule has 0 saturated carbocycles. The largest absolute Gasteiger partial charge is 0.496 e. The lowest BCUT2D eigenvalue weighted by molar-refractivity contribution is 0.102. The number of nitrogens with one attached hydrogen (secondary N) is 1. The molecule has 1 aromatic heterocycles. The minimum absolute atomic E-state index is 0.244. The van der Waals surface area contributed by atoms with E-state index in [-0.39, 0.29) is 5.91 Å². The number of thiazole rings is 1. The second kappa shape index (κ2) is 7.47. The molecule has 24 heavy (non-hydrogen) atoms. The standard InChI is InChI=1S/C18H15ClN2O2S/c1-23-16-9-5-3-7-14(16)17(22)21-18-20-11-13(24-18)10-12-6-2-4-8-15(12)19/h2-9,11H,10H2,1H3,(H,20,21,22). The van der Waals surface area contributed by atoms with Gasteiger partial charge in [-0.05, 0) is 23.8 Å². The van der Waals surface area contributed by atoms with Gasteiger partial charge < -0.3 is 4.74 Å². The van der Waals surface area contributed by atoms with Gasteiger partial charge in [0.25, 0.3) is 5.91 Å². The van der Waals surface area contributed by atoms with E-state index < -0.39 is 0 Å². The quantitative estimate of drug-likeness (QED) is 0.722. The minimum Gasteiger partial charge on any atom is -0.496 e. The summed E-state index contributed by atoms with van der Waals surface area (Å²) >= 11 is 7.61. The molecule has 0 aliphatic carbocycles. The molecule has 0 saturated heterocycles. The highest BCUT2D eigenvalue weighted by Gasteiger charge is 2.13. The van der Waals surface area contributed by atoms with Gasteiger partial charge in [-0.1, -0.05) is 41.9 Å². The molecule has 0 unspecified atom stereocenters. The summed E-state index contributed by atoms with van der Waals surface area (Å²) in [7, 11) is 1.54. The Balaban J connectivity index is 1.72. The average Bonchev–Trinajstić information content (AvgIpc) is 3.04. The third kappa shape index (κ3) is 3.75. The molecule has 122 valence electrons. The lowest BCUT2D eigenvalue weighted by Gasteiger charge is -2.07. The van der Waals surface area contributed by atoms with Crippen LogP contribution < -0.4 is 10.1 Å². The van der Waals surface area contributed by atoms with Crippen molar-refractivity contribution in [3.63, 3.8) is 0 Å². The van der Waals surface area contributed by atoms with Crippen molar-refractivity contribution in [2.75, 3.05) is 12.4 Å². The predicted molar refractivity (Wildman–Crippen MR) is 97.3 cm³/mol. The van der Waals surface area contributed by atoms with Crippen LogP contribution in [0.5, 0.6) is 5.75 Å². The van der Waals surface area contributed by atoms with E-state index in [9.17, 15) is 4.79 Å². The van der Waals surface area contributed by atoms with E-state index in [1.54, 1.807) is 24.4 Å². The van der Waals surface area contributed by atoms with E-state index in [0.717, 1.165) is 15.5 Å². The van der Waals surface area contributed by atoms with E-state index in [0.29, 0.717) is 22.9 Å². The summed E-state index contributed by atoms with van der Waals surface area (Å²) in [6, 6.07) is 14.8. The van der Waals surface area contributed by atoms with Crippen molar-refractivity contribution in [3.8, 4) is 5.75 Å². The zero-order chi connectivity index (χ0) is 16.9. The summed E-state index contributed by atoms with van der Waals surface area (Å²) in [5.74, 6) is 0.286. The van der Waals surface area contributed by atoms with Crippen LogP contribution in [0.4, 0.5) is 5.13 Å². The molecule has 0 bridgehead atoms. The van der Waals surface area contributed by atoms with Gasteiger partial charge in [-0.3, -0.25) is 10.1 Å². The molecule has 6 heteroatoms. The summed E-state index contributed by atoms with van der Waals surface area (Å²) in [6.45, 7) is 0. The number of halogens is 1. The summed E-state index contributed by atoms with van der Waals surface area (Å²) in [4.78, 5) is 17.7. The van der Waals surface area contributed by atoms with Crippen molar-refractivity contribution in [1.82, 2.24) is 4.98 Å². The van der Waals surface area contributed by atoms with Crippen LogP contribution in [-0.2, 0) is 6.42 Å². The number of amides is 1. The van der Waals surface area contributed by atoms with Crippen LogP contribution in [-0.4, -0.2) is 18.0 Å². The Morgan fingerprint density at radius 3 is 2.75 bits per heavy atom. The third-order valence-electron chi connectivity index (χ3n) is 3.45. The lowest BCUT2D eigenvalue weighted by Crippen LogP contribution is -2.12. The van der Waals surface area contributed by atoms with E-state index >= 15 is 0 Å². The molecule has 1 amide bonds. The highest BCUT2D eigenvalue weighted by Crippen LogP contribution is 2.26. The number of ether oxygens (including phenoxy) is 1. The topological polar surface area (TPSA) is 51.2 Å². The fraction of sp³-hybridized carbons (Fsp3) is 0.111. The molecule has 0 radical (unpaired) electrons. The van der Waals surface area contributed by atoms with Crippen LogP contribution in [0.1, 0.15) is 20.8 Å². The summed E-state index contributed by atoms with van der Waals surface area (Å²) < 4.78 is 5.21. The van der Waals surface area contributed by atoms with Gasteiger partial charge in [0.2, 0.25) is 0 Å². The van der Waals surface area contributed by atoms with E-state index in [1.807, 2.05) is 30.3 Å². The number of aromatic nitrogens is 1. The molecule has 0 aliphatic rings. The molecule has 1 N–H and O–H groups in total. The molecule has 2 aromatic carbocycles. The molecule has 0 aliphatic heterocycles. The zero-order valence-electron chi connectivity index (χ0n) is 13.0. The molecule has 3 rings (SSSR count). The second-order valence-electron chi connectivity index (χ2n) is 5.05. The van der Waals surface area contributed by atoms with E-state index in [4.69, 9.17) is 16.3 Å². The number of carbonyl (C=O) groups is 1. The van der Waals surface area contributed by atoms with Gasteiger partial charge in [0.1, 0.15) is 5.75 Å². The summed E-state index contributed by atoms with van der Waals surface area (Å²) in [6.07, 6.45) is 2.44. The van der Waals surface area contributed by atoms with E-state index in [1.165, 1.54) is 18.4 Å². The van der Waals surface area contributed by atoms with Gasteiger partial charge in [-0.15, -0.1) is 11.3 Å². The van der Waals surface area contributed by atoms with Crippen molar-refractivity contribution in [1.29, 1.82) is 0 Å². The number of hydrogen-bond donors (Lipinski definition) is 1. The van der Waals surface area contributed by atoms with Gasteiger partial charge in [0.15, 0.2) is 5.13 Å². The zero-order valence-corrected chi connectivity index (χ0v) is 14.5. The molecule has 1 heterocycles. The Hall–Kier alpha value is -2.37. The number of nitrogens with zero attached hydrogens (tertiary/aromatic N) is 1. The number of para-hydroxylation sites is 1. The fourth-order valence-electron chi connectivity index (χ4n) is 2.27. The maximum absolute atomic E-state index is 12.4. The van der Waals surface area contributed by atoms with Gasteiger partial charge in [-0.2, -0.15) is 0 Å². The molecular weight excluding hydrogens is 344 g/mol. The SMILES string of the molecule is COc1ccccc1C(=O)Nc1ncc(Cc2ccccc2Cl)s1. The van der Waals surface area contributed by atoms with Crippen LogP contribution in [0.25, 0.3) is 0 Å². The normalized spacial score (nSPS) is 10.4. The Labute approximate surface area is 149 Å². The van der Waals surface area contributed by atoms with Crippen LogP contribution >= 0.6 is 22.9 Å². The first-order valence-corrected chi connectivity index (χ1v) is 8.49. The first-order chi connectivity index (χ1) is 11.7. The van der Waals surface area contributed by atoms with Crippen LogP contribution in [0, 0.1) is 0 Å². The molecule has 0 atom stereocenters. The lowest BCUT2D eigenvalue weighted by atomic mass is 10.1. The third-order valence-corrected chi connectivity index (χ3v) is 4.73. The number of anilines is 1. The van der Waals surface area contributed by atoms with Crippen molar-refractivity contribution in [2.24, 2.45) is 0 Å². The first-order valence-electron chi connectivity index (χ1n) is 7.30. The second-order valence-corrected chi connectivity index (χ2v) is 6.58. The molecule has 3 aromatic rings. The highest BCUT2D eigenvalue weighted by molar-refractivity contribution is 7.15. The summed E-state index contributed by atoms with van der Waals surface area (Å²) in [5, 5.41) is 4.09. The van der Waals surface area contributed by atoms with Crippen LogP contribution in [0.3, 0.4) is 0 Å². The number of hydrogen-bond acceptors (Lipinski definition) is 4. The monoisotopic (exact) mass is 358 g/mol. The Morgan fingerprint density at radius 1 is 1.21 bits per heavy atom. The van der Waals surface area contributed by atoms with Crippen molar-refractivity contribution in [3.05, 3.63) is 75.8 Å². The molecular formula is C18H15ClN2O2S. The van der Waals surface area contributed by atoms with Gasteiger partial charge in [0.05, 0.1) is 12.7 Å². The summed E-state index contributed by atoms with van der Waals surface area (Å²) in [5.41, 5.74) is 1.51. The van der Waals surface area contributed by atoms with Gasteiger partial charge in [-0.25, -0.2) is 4.98 Å². The first kappa shape index (κ1) is 16.5. The average molecular weight is 359 g/mol. The Morgan fingerprint density at radius 2 is 1.96 bits per heavy atom. The molecule has 0 spiro atoms. The minimum atomic E-state index is -0.244. The number of methoxy groups -OCH3 is 1. The van der Waals surface area contributed by atoms with Crippen molar-refractivity contribution < 1.29 is 9.53 Å².